The number of amides is 2. The zero-order chi connectivity index (χ0) is 22.1. The Labute approximate surface area is 174 Å². The van der Waals surface area contributed by atoms with Crippen LogP contribution in [0, 0.1) is 5.92 Å². The van der Waals surface area contributed by atoms with E-state index >= 15 is 0 Å². The molecule has 0 bridgehead atoms. The van der Waals surface area contributed by atoms with Crippen LogP contribution in [0.25, 0.3) is 10.8 Å². The van der Waals surface area contributed by atoms with E-state index in [-0.39, 0.29) is 18.3 Å². The van der Waals surface area contributed by atoms with E-state index in [2.05, 4.69) is 4.98 Å². The van der Waals surface area contributed by atoms with Gasteiger partial charge in [-0.05, 0) is 50.8 Å². The highest BCUT2D eigenvalue weighted by molar-refractivity contribution is 5.98. The van der Waals surface area contributed by atoms with Gasteiger partial charge in [0, 0.05) is 24.7 Å². The van der Waals surface area contributed by atoms with Crippen molar-refractivity contribution in [1.82, 2.24) is 9.88 Å². The molecule has 3 rings (SSSR count). The first-order valence-electron chi connectivity index (χ1n) is 9.64. The number of carbonyl (C=O) groups is 3. The first-order chi connectivity index (χ1) is 14.1. The van der Waals surface area contributed by atoms with E-state index in [0.29, 0.717) is 23.9 Å². The van der Waals surface area contributed by atoms with Gasteiger partial charge < -0.3 is 14.4 Å². The van der Waals surface area contributed by atoms with Crippen LogP contribution >= 0.6 is 0 Å². The van der Waals surface area contributed by atoms with E-state index in [0.717, 1.165) is 10.4 Å². The van der Waals surface area contributed by atoms with Crippen LogP contribution in [0.2, 0.25) is 0 Å². The Kier molecular flexibility index (Phi) is 5.93. The molecule has 1 aromatic heterocycles. The highest BCUT2D eigenvalue weighted by atomic mass is 16.6. The number of anilines is 1. The highest BCUT2D eigenvalue weighted by Gasteiger charge is 2.35. The van der Waals surface area contributed by atoms with Gasteiger partial charge in [0.25, 0.3) is 0 Å². The van der Waals surface area contributed by atoms with E-state index < -0.39 is 23.6 Å². The monoisotopic (exact) mass is 414 g/mol. The van der Waals surface area contributed by atoms with E-state index in [1.54, 1.807) is 51.2 Å². The minimum atomic E-state index is -0.600. The Morgan fingerprint density at radius 3 is 2.60 bits per heavy atom. The zero-order valence-electron chi connectivity index (χ0n) is 17.5. The van der Waals surface area contributed by atoms with Crippen molar-refractivity contribution in [2.75, 3.05) is 25.2 Å². The molecule has 0 saturated carbocycles. The normalized spacial score (nSPS) is 16.4. The number of hydrogen-bond acceptors (Lipinski definition) is 7. The molecule has 0 spiro atoms. The smallest absolute Gasteiger partial charge is 0.410 e. The van der Waals surface area contributed by atoms with Crippen molar-refractivity contribution in [3.63, 3.8) is 0 Å². The number of rotatable bonds is 3. The summed E-state index contributed by atoms with van der Waals surface area (Å²) in [5.74, 6) is 5.07. The molecule has 2 amide bonds. The van der Waals surface area contributed by atoms with Crippen molar-refractivity contribution in [2.45, 2.75) is 32.8 Å². The SMILES string of the molecule is COC(=O)c1ccc2cnc(N(N)C(=O)[C@H]3CCN(C(=O)OC(C)(C)C)C3)cc2c1. The van der Waals surface area contributed by atoms with Crippen molar-refractivity contribution in [3.8, 4) is 0 Å². The predicted octanol–water partition coefficient (Wildman–Crippen LogP) is 2.49. The number of esters is 1. The van der Waals surface area contributed by atoms with Gasteiger partial charge in [0.2, 0.25) is 5.91 Å². The van der Waals surface area contributed by atoms with Gasteiger partial charge in [-0.25, -0.2) is 25.4 Å². The van der Waals surface area contributed by atoms with Crippen LogP contribution in [0.1, 0.15) is 37.6 Å². The third-order valence-corrected chi connectivity index (χ3v) is 4.80. The molecular weight excluding hydrogens is 388 g/mol. The topological polar surface area (TPSA) is 115 Å². The van der Waals surface area contributed by atoms with E-state index in [9.17, 15) is 14.4 Å². The predicted molar refractivity (Wildman–Crippen MR) is 111 cm³/mol. The van der Waals surface area contributed by atoms with Crippen LogP contribution in [0.15, 0.2) is 30.5 Å². The van der Waals surface area contributed by atoms with Gasteiger partial charge in [0.05, 0.1) is 18.6 Å². The lowest BCUT2D eigenvalue weighted by molar-refractivity contribution is -0.122. The van der Waals surface area contributed by atoms with Crippen molar-refractivity contribution < 1.29 is 23.9 Å². The van der Waals surface area contributed by atoms with Gasteiger partial charge in [0.1, 0.15) is 11.4 Å². The number of ether oxygens (including phenoxy) is 2. The third-order valence-electron chi connectivity index (χ3n) is 4.80. The molecule has 1 aliphatic heterocycles. The van der Waals surface area contributed by atoms with Gasteiger partial charge in [0.15, 0.2) is 0 Å². The first kappa shape index (κ1) is 21.5. The fourth-order valence-corrected chi connectivity index (χ4v) is 3.27. The summed E-state index contributed by atoms with van der Waals surface area (Å²) in [6, 6.07) is 6.69. The third kappa shape index (κ3) is 4.68. The van der Waals surface area contributed by atoms with Crippen LogP contribution in [0.5, 0.6) is 0 Å². The minimum absolute atomic E-state index is 0.238. The van der Waals surface area contributed by atoms with E-state index in [1.807, 2.05) is 0 Å². The second-order valence-corrected chi connectivity index (χ2v) is 8.22. The summed E-state index contributed by atoms with van der Waals surface area (Å²) in [6.07, 6.45) is 1.63. The summed E-state index contributed by atoms with van der Waals surface area (Å²) in [4.78, 5) is 42.6. The summed E-state index contributed by atoms with van der Waals surface area (Å²) in [7, 11) is 1.31. The molecule has 0 unspecified atom stereocenters. The molecule has 2 heterocycles. The Hall–Kier alpha value is -3.20. The molecule has 1 saturated heterocycles. The number of methoxy groups -OCH3 is 1. The summed E-state index contributed by atoms with van der Waals surface area (Å²) < 4.78 is 10.1. The van der Waals surface area contributed by atoms with Crippen LogP contribution in [0.3, 0.4) is 0 Å². The lowest BCUT2D eigenvalue weighted by atomic mass is 10.1. The molecule has 1 atom stereocenters. The van der Waals surface area contributed by atoms with Gasteiger partial charge >= 0.3 is 12.1 Å². The molecular formula is C21H26N4O5. The number of pyridine rings is 1. The van der Waals surface area contributed by atoms with E-state index in [1.165, 1.54) is 12.0 Å². The first-order valence-corrected chi connectivity index (χ1v) is 9.64. The number of nitrogens with zero attached hydrogens (tertiary/aromatic N) is 3. The molecule has 30 heavy (non-hydrogen) atoms. The number of aromatic nitrogens is 1. The lowest BCUT2D eigenvalue weighted by Crippen LogP contribution is -2.43. The second kappa shape index (κ2) is 8.27. The maximum absolute atomic E-state index is 12.9. The van der Waals surface area contributed by atoms with Crippen molar-refractivity contribution >= 4 is 34.6 Å². The summed E-state index contributed by atoms with van der Waals surface area (Å²) in [5.41, 5.74) is -0.210. The number of fused-ring (bicyclic) bond motifs is 1. The summed E-state index contributed by atoms with van der Waals surface area (Å²) >= 11 is 0. The van der Waals surface area contributed by atoms with Crippen LogP contribution in [-0.4, -0.2) is 53.7 Å². The molecule has 1 aromatic carbocycles. The average molecular weight is 414 g/mol. The molecule has 160 valence electrons. The van der Waals surface area contributed by atoms with Gasteiger partial charge in [-0.1, -0.05) is 6.07 Å². The maximum Gasteiger partial charge on any atom is 0.410 e. The fraction of sp³-hybridized carbons (Fsp3) is 0.429. The quantitative estimate of drug-likeness (QED) is 0.355. The fourth-order valence-electron chi connectivity index (χ4n) is 3.27. The Morgan fingerprint density at radius 2 is 1.93 bits per heavy atom. The summed E-state index contributed by atoms with van der Waals surface area (Å²) in [5, 5.41) is 2.49. The number of nitrogens with two attached hydrogens (primary N) is 1. The largest absolute Gasteiger partial charge is 0.465 e. The molecule has 2 N–H and O–H groups in total. The van der Waals surface area contributed by atoms with Gasteiger partial charge in [-0.3, -0.25) is 4.79 Å². The van der Waals surface area contributed by atoms with Gasteiger partial charge in [-0.2, -0.15) is 0 Å². The average Bonchev–Trinajstić information content (AvgIpc) is 3.20. The number of hydrazine groups is 1. The molecule has 9 heteroatoms. The highest BCUT2D eigenvalue weighted by Crippen LogP contribution is 2.24. The molecule has 0 aliphatic carbocycles. The molecule has 2 aromatic rings. The van der Waals surface area contributed by atoms with Crippen molar-refractivity contribution in [2.24, 2.45) is 11.8 Å². The number of benzene rings is 1. The lowest BCUT2D eigenvalue weighted by Gasteiger charge is -2.24. The zero-order valence-corrected chi connectivity index (χ0v) is 17.5. The Balaban J connectivity index is 1.73. The van der Waals surface area contributed by atoms with Crippen molar-refractivity contribution in [3.05, 3.63) is 36.0 Å². The van der Waals surface area contributed by atoms with Crippen LogP contribution in [0.4, 0.5) is 10.6 Å². The summed E-state index contributed by atoms with van der Waals surface area (Å²) in [6.45, 7) is 6.04. The maximum atomic E-state index is 12.9. The molecule has 0 radical (unpaired) electrons. The molecule has 1 aliphatic rings. The van der Waals surface area contributed by atoms with Gasteiger partial charge in [-0.15, -0.1) is 0 Å². The standard InChI is InChI=1S/C21H26N4O5/c1-21(2,3)30-20(28)24-8-7-15(12-24)18(26)25(22)17-10-16-9-13(19(27)29-4)5-6-14(16)11-23-17/h5-6,9-11,15H,7-8,12,22H2,1-4H3/t15-/m0/s1. The van der Waals surface area contributed by atoms with Crippen LogP contribution in [-0.2, 0) is 14.3 Å². The molecule has 1 fully saturated rings. The number of likely N-dealkylation sites (tertiary alicyclic amines) is 1. The Morgan fingerprint density at radius 1 is 1.20 bits per heavy atom. The number of hydrogen-bond donors (Lipinski definition) is 1. The van der Waals surface area contributed by atoms with Crippen molar-refractivity contribution in [1.29, 1.82) is 0 Å². The molecule has 9 nitrogen and oxygen atoms in total. The second-order valence-electron chi connectivity index (χ2n) is 8.22. The Bertz CT molecular complexity index is 985. The number of carbonyl (C=O) groups excluding carboxylic acids is 3. The minimum Gasteiger partial charge on any atom is -0.465 e. The van der Waals surface area contributed by atoms with E-state index in [4.69, 9.17) is 15.3 Å². The van der Waals surface area contributed by atoms with Crippen LogP contribution < -0.4 is 10.9 Å².